The van der Waals surface area contributed by atoms with E-state index in [2.05, 4.69) is 60.2 Å². The lowest BCUT2D eigenvalue weighted by Gasteiger charge is -2.51. The Kier molecular flexibility index (Phi) is 5.86. The summed E-state index contributed by atoms with van der Waals surface area (Å²) in [5.74, 6) is 1.49. The molecule has 3 N–H and O–H groups in total. The van der Waals surface area contributed by atoms with E-state index >= 15 is 0 Å². The zero-order valence-corrected chi connectivity index (χ0v) is 17.8. The molecule has 1 aliphatic carbocycles. The quantitative estimate of drug-likeness (QED) is 0.710. The summed E-state index contributed by atoms with van der Waals surface area (Å²) in [7, 11) is 2.00. The van der Waals surface area contributed by atoms with Crippen molar-refractivity contribution in [2.75, 3.05) is 13.6 Å². The van der Waals surface area contributed by atoms with Crippen LogP contribution >= 0.6 is 11.8 Å². The second-order valence-corrected chi connectivity index (χ2v) is 9.76. The lowest BCUT2D eigenvalue weighted by atomic mass is 9.60. The molecule has 0 bridgehead atoms. The molecule has 2 heterocycles. The highest BCUT2D eigenvalue weighted by Crippen LogP contribution is 2.51. The van der Waals surface area contributed by atoms with E-state index in [1.165, 1.54) is 11.1 Å². The van der Waals surface area contributed by atoms with Gasteiger partial charge in [-0.1, -0.05) is 44.2 Å². The summed E-state index contributed by atoms with van der Waals surface area (Å²) < 4.78 is 0. The number of piperidine rings is 1. The number of carbonyl (C=O) groups is 1. The van der Waals surface area contributed by atoms with Crippen LogP contribution in [-0.4, -0.2) is 42.0 Å². The van der Waals surface area contributed by atoms with Gasteiger partial charge in [-0.25, -0.2) is 0 Å². The summed E-state index contributed by atoms with van der Waals surface area (Å²) in [6.07, 6.45) is 3.68. The molecule has 4 nitrogen and oxygen atoms in total. The van der Waals surface area contributed by atoms with Gasteiger partial charge in [-0.2, -0.15) is 0 Å². The van der Waals surface area contributed by atoms with Crippen molar-refractivity contribution in [3.63, 3.8) is 0 Å². The second-order valence-electron chi connectivity index (χ2n) is 8.71. The van der Waals surface area contributed by atoms with Crippen LogP contribution in [0.15, 0.2) is 35.7 Å². The number of allylic oxidation sites excluding steroid dienone is 1. The number of hydrogen-bond donors (Lipinski definition) is 3. The first-order valence-electron chi connectivity index (χ1n) is 10.6. The van der Waals surface area contributed by atoms with Gasteiger partial charge < -0.3 is 15.7 Å². The van der Waals surface area contributed by atoms with Crippen LogP contribution in [0.4, 0.5) is 0 Å². The van der Waals surface area contributed by atoms with Crippen LogP contribution in [0.1, 0.15) is 49.7 Å². The fourth-order valence-corrected chi connectivity index (χ4v) is 6.74. The van der Waals surface area contributed by atoms with Crippen LogP contribution in [0, 0.1) is 17.8 Å². The van der Waals surface area contributed by atoms with Gasteiger partial charge in [0.25, 0.3) is 0 Å². The van der Waals surface area contributed by atoms with E-state index in [-0.39, 0.29) is 41.1 Å². The van der Waals surface area contributed by atoms with Crippen molar-refractivity contribution in [2.45, 2.75) is 55.9 Å². The first kappa shape index (κ1) is 20.0. The van der Waals surface area contributed by atoms with Crippen LogP contribution in [0.2, 0.25) is 0 Å². The first-order valence-corrected chi connectivity index (χ1v) is 11.5. The highest BCUT2D eigenvalue weighted by atomic mass is 32.2. The van der Waals surface area contributed by atoms with Crippen molar-refractivity contribution in [1.29, 1.82) is 0 Å². The fraction of sp³-hybridized carbons (Fsp3) is 0.609. The number of thioether (sulfide) groups is 1. The standard InChI is InChI=1S/C23H32N2O2S/c1-4-14(12-24-3)15-5-7-16(8-6-15)19-18(26)11-13(2)21-20(19)17-9-10-28-22(17)23(27)25-21/h5-10,13-14,17-22,24,26H,4,11-12H2,1-3H3,(H,25,27)/t13?,14-,17?,18?,19?,20?,21?,22?/m0/s1. The van der Waals surface area contributed by atoms with Gasteiger partial charge in [0.1, 0.15) is 0 Å². The molecule has 8 atom stereocenters. The summed E-state index contributed by atoms with van der Waals surface area (Å²) in [6.45, 7) is 5.36. The minimum Gasteiger partial charge on any atom is -0.392 e. The predicted molar refractivity (Wildman–Crippen MR) is 115 cm³/mol. The summed E-state index contributed by atoms with van der Waals surface area (Å²) in [6, 6.07) is 9.03. The molecule has 152 valence electrons. The largest absolute Gasteiger partial charge is 0.392 e. The Morgan fingerprint density at radius 2 is 2.07 bits per heavy atom. The number of rotatable bonds is 5. The molecule has 28 heavy (non-hydrogen) atoms. The molecule has 0 aromatic heterocycles. The van der Waals surface area contributed by atoms with Gasteiger partial charge >= 0.3 is 0 Å². The average Bonchev–Trinajstić information content (AvgIpc) is 3.18. The van der Waals surface area contributed by atoms with E-state index in [9.17, 15) is 9.90 Å². The van der Waals surface area contributed by atoms with Gasteiger partial charge in [-0.3, -0.25) is 4.79 Å². The van der Waals surface area contributed by atoms with Crippen molar-refractivity contribution in [3.05, 3.63) is 46.9 Å². The topological polar surface area (TPSA) is 61.4 Å². The maximum atomic E-state index is 12.6. The van der Waals surface area contributed by atoms with Crippen molar-refractivity contribution in [3.8, 4) is 0 Å². The van der Waals surface area contributed by atoms with E-state index in [1.54, 1.807) is 11.8 Å². The van der Waals surface area contributed by atoms with E-state index < -0.39 is 0 Å². The van der Waals surface area contributed by atoms with Gasteiger partial charge in [0.05, 0.1) is 11.4 Å². The molecular weight excluding hydrogens is 368 g/mol. The number of benzene rings is 1. The lowest BCUT2D eigenvalue weighted by molar-refractivity contribution is -0.128. The molecule has 1 saturated heterocycles. The molecule has 3 aliphatic rings. The number of aliphatic hydroxyl groups excluding tert-OH is 1. The molecule has 1 saturated carbocycles. The number of likely N-dealkylation sites (N-methyl/N-ethyl adjacent to an activating group) is 1. The molecule has 4 rings (SSSR count). The smallest absolute Gasteiger partial charge is 0.234 e. The van der Waals surface area contributed by atoms with E-state index in [4.69, 9.17) is 0 Å². The first-order chi connectivity index (χ1) is 13.5. The lowest BCUT2D eigenvalue weighted by Crippen LogP contribution is -2.62. The number of nitrogens with one attached hydrogen (secondary N) is 2. The zero-order chi connectivity index (χ0) is 19.8. The molecule has 2 aliphatic heterocycles. The molecule has 0 spiro atoms. The summed E-state index contributed by atoms with van der Waals surface area (Å²) in [4.78, 5) is 12.6. The molecule has 7 unspecified atom stereocenters. The summed E-state index contributed by atoms with van der Waals surface area (Å²) >= 11 is 1.62. The molecule has 1 aromatic rings. The van der Waals surface area contributed by atoms with Crippen molar-refractivity contribution in [1.82, 2.24) is 10.6 Å². The van der Waals surface area contributed by atoms with Crippen molar-refractivity contribution >= 4 is 17.7 Å². The Morgan fingerprint density at radius 3 is 2.75 bits per heavy atom. The van der Waals surface area contributed by atoms with Gasteiger partial charge in [0, 0.05) is 24.4 Å². The third kappa shape index (κ3) is 3.42. The molecule has 5 heteroatoms. The predicted octanol–water partition coefficient (Wildman–Crippen LogP) is 3.24. The Bertz CT molecular complexity index is 735. The maximum absolute atomic E-state index is 12.6. The molecule has 0 radical (unpaired) electrons. The van der Waals surface area contributed by atoms with Gasteiger partial charge in [0.2, 0.25) is 5.91 Å². The monoisotopic (exact) mass is 400 g/mol. The minimum atomic E-state index is -0.365. The van der Waals surface area contributed by atoms with E-state index in [0.29, 0.717) is 11.8 Å². The third-order valence-electron chi connectivity index (χ3n) is 7.09. The Labute approximate surface area is 172 Å². The number of hydrogen-bond acceptors (Lipinski definition) is 4. The van der Waals surface area contributed by atoms with E-state index in [0.717, 1.165) is 19.4 Å². The normalized spacial score (nSPS) is 37.9. The van der Waals surface area contributed by atoms with E-state index in [1.807, 2.05) is 7.05 Å². The number of carbonyl (C=O) groups excluding carboxylic acids is 1. The highest BCUT2D eigenvalue weighted by Gasteiger charge is 2.53. The second kappa shape index (κ2) is 8.21. The van der Waals surface area contributed by atoms with Crippen molar-refractivity contribution in [2.24, 2.45) is 17.8 Å². The average molecular weight is 401 g/mol. The third-order valence-corrected chi connectivity index (χ3v) is 8.23. The summed E-state index contributed by atoms with van der Waals surface area (Å²) in [5, 5.41) is 19.7. The Balaban J connectivity index is 1.65. The number of fused-ring (bicyclic) bond motifs is 3. The van der Waals surface area contributed by atoms with Crippen LogP contribution < -0.4 is 10.6 Å². The Hall–Kier alpha value is -1.30. The number of aliphatic hydroxyl groups is 1. The van der Waals surface area contributed by atoms with Gasteiger partial charge in [0.15, 0.2) is 0 Å². The number of amides is 1. The van der Waals surface area contributed by atoms with Crippen LogP contribution in [0.25, 0.3) is 0 Å². The van der Waals surface area contributed by atoms with Gasteiger partial charge in [-0.15, -0.1) is 11.8 Å². The van der Waals surface area contributed by atoms with Crippen LogP contribution in [0.5, 0.6) is 0 Å². The molecule has 1 amide bonds. The fourth-order valence-electron chi connectivity index (χ4n) is 5.66. The maximum Gasteiger partial charge on any atom is 0.234 e. The minimum absolute atomic E-state index is 0.0411. The zero-order valence-electron chi connectivity index (χ0n) is 17.0. The molecular formula is C23H32N2O2S. The van der Waals surface area contributed by atoms with Crippen molar-refractivity contribution < 1.29 is 9.90 Å². The molecule has 1 aromatic carbocycles. The molecule has 2 fully saturated rings. The van der Waals surface area contributed by atoms with Crippen LogP contribution in [-0.2, 0) is 4.79 Å². The highest BCUT2D eigenvalue weighted by molar-refractivity contribution is 8.03. The van der Waals surface area contributed by atoms with Gasteiger partial charge in [-0.05, 0) is 54.2 Å². The van der Waals surface area contributed by atoms with Crippen LogP contribution in [0.3, 0.4) is 0 Å². The Morgan fingerprint density at radius 1 is 1.32 bits per heavy atom. The SMILES string of the molecule is CC[C@@H](CNC)c1ccc(C2C(O)CC(C)C3NC(=O)C4SC=CC4C32)cc1. The summed E-state index contributed by atoms with van der Waals surface area (Å²) in [5.41, 5.74) is 2.56.